The Hall–Kier alpha value is -2.10. The first-order chi connectivity index (χ1) is 8.18. The Morgan fingerprint density at radius 3 is 2.65 bits per heavy atom. The summed E-state index contributed by atoms with van der Waals surface area (Å²) >= 11 is 0. The van der Waals surface area contributed by atoms with Crippen LogP contribution in [0.1, 0.15) is 16.1 Å². The number of hydrogen-bond acceptors (Lipinski definition) is 2. The van der Waals surface area contributed by atoms with Crippen LogP contribution in [0, 0.1) is 0 Å². The fourth-order valence-corrected chi connectivity index (χ4v) is 1.69. The van der Waals surface area contributed by atoms with Gasteiger partial charge >= 0.3 is 0 Å². The Bertz CT molecular complexity index is 504. The second kappa shape index (κ2) is 4.82. The number of carbonyl (C=O) groups excluding carboxylic acids is 1. The quantitative estimate of drug-likeness (QED) is 0.803. The van der Waals surface area contributed by atoms with Crippen LogP contribution in [0.25, 0.3) is 0 Å². The molecule has 0 bridgehead atoms. The third-order valence-electron chi connectivity index (χ3n) is 2.72. The first kappa shape index (κ1) is 11.4. The molecular weight excluding hydrogens is 214 g/mol. The molecule has 0 aliphatic carbocycles. The van der Waals surface area contributed by atoms with Crippen molar-refractivity contribution in [3.05, 3.63) is 54.1 Å². The maximum Gasteiger partial charge on any atom is 0.254 e. The molecule has 2 heterocycles. The van der Waals surface area contributed by atoms with Crippen LogP contribution in [-0.2, 0) is 13.6 Å². The van der Waals surface area contributed by atoms with Crippen molar-refractivity contribution >= 4 is 5.91 Å². The summed E-state index contributed by atoms with van der Waals surface area (Å²) in [7, 11) is 3.77. The fraction of sp³-hybridized carbons (Fsp3) is 0.231. The SMILES string of the molecule is CN(Cc1cccn1C)C(=O)c1ccncc1. The van der Waals surface area contributed by atoms with E-state index >= 15 is 0 Å². The van der Waals surface area contributed by atoms with Gasteiger partial charge in [0.05, 0.1) is 6.54 Å². The minimum Gasteiger partial charge on any atom is -0.353 e. The van der Waals surface area contributed by atoms with Crippen LogP contribution < -0.4 is 0 Å². The molecule has 4 nitrogen and oxygen atoms in total. The summed E-state index contributed by atoms with van der Waals surface area (Å²) in [5.74, 6) is 0.00796. The van der Waals surface area contributed by atoms with Gasteiger partial charge in [-0.2, -0.15) is 0 Å². The van der Waals surface area contributed by atoms with Gasteiger partial charge in [0.1, 0.15) is 0 Å². The zero-order chi connectivity index (χ0) is 12.3. The molecule has 0 aromatic carbocycles. The Balaban J connectivity index is 2.09. The molecule has 0 aliphatic heterocycles. The van der Waals surface area contributed by atoms with Crippen molar-refractivity contribution in [2.45, 2.75) is 6.54 Å². The average molecular weight is 229 g/mol. The second-order valence-electron chi connectivity index (χ2n) is 4.01. The highest BCUT2D eigenvalue weighted by atomic mass is 16.2. The normalized spacial score (nSPS) is 10.2. The van der Waals surface area contributed by atoms with E-state index in [2.05, 4.69) is 4.98 Å². The highest BCUT2D eigenvalue weighted by Crippen LogP contribution is 2.07. The monoisotopic (exact) mass is 229 g/mol. The molecule has 0 atom stereocenters. The molecule has 0 saturated heterocycles. The molecule has 2 aromatic rings. The van der Waals surface area contributed by atoms with Gasteiger partial charge < -0.3 is 9.47 Å². The first-order valence-corrected chi connectivity index (χ1v) is 5.44. The smallest absolute Gasteiger partial charge is 0.254 e. The summed E-state index contributed by atoms with van der Waals surface area (Å²) in [5, 5.41) is 0. The molecule has 0 radical (unpaired) electrons. The van der Waals surface area contributed by atoms with Gasteiger partial charge in [-0.15, -0.1) is 0 Å². The molecule has 17 heavy (non-hydrogen) atoms. The summed E-state index contributed by atoms with van der Waals surface area (Å²) in [6, 6.07) is 7.43. The molecule has 2 aromatic heterocycles. The fourth-order valence-electron chi connectivity index (χ4n) is 1.69. The number of amides is 1. The number of pyridine rings is 1. The summed E-state index contributed by atoms with van der Waals surface area (Å²) < 4.78 is 2.01. The molecule has 0 fully saturated rings. The van der Waals surface area contributed by atoms with E-state index in [1.165, 1.54) is 0 Å². The predicted molar refractivity (Wildman–Crippen MR) is 65.4 cm³/mol. The van der Waals surface area contributed by atoms with E-state index in [1.807, 2.05) is 29.9 Å². The van der Waals surface area contributed by atoms with Crippen molar-refractivity contribution in [3.63, 3.8) is 0 Å². The van der Waals surface area contributed by atoms with Crippen LogP contribution in [0.2, 0.25) is 0 Å². The van der Waals surface area contributed by atoms with E-state index in [1.54, 1.807) is 36.5 Å². The van der Waals surface area contributed by atoms with Crippen LogP contribution in [0.15, 0.2) is 42.9 Å². The third kappa shape index (κ3) is 2.53. The molecular formula is C13H15N3O. The Morgan fingerprint density at radius 2 is 2.06 bits per heavy atom. The Kier molecular flexibility index (Phi) is 3.23. The lowest BCUT2D eigenvalue weighted by Crippen LogP contribution is -2.27. The van der Waals surface area contributed by atoms with Crippen LogP contribution in [0.4, 0.5) is 0 Å². The van der Waals surface area contributed by atoms with Gasteiger partial charge in [-0.3, -0.25) is 9.78 Å². The Morgan fingerprint density at radius 1 is 1.35 bits per heavy atom. The minimum atomic E-state index is 0.00796. The number of hydrogen-bond donors (Lipinski definition) is 0. The average Bonchev–Trinajstić information content (AvgIpc) is 2.75. The van der Waals surface area contributed by atoms with Gasteiger partial charge in [-0.1, -0.05) is 0 Å². The molecule has 1 amide bonds. The van der Waals surface area contributed by atoms with E-state index < -0.39 is 0 Å². The van der Waals surface area contributed by atoms with E-state index in [0.717, 1.165) is 5.69 Å². The van der Waals surface area contributed by atoms with Crippen LogP contribution in [-0.4, -0.2) is 27.4 Å². The predicted octanol–water partition coefficient (Wildman–Crippen LogP) is 1.69. The van der Waals surface area contributed by atoms with E-state index in [9.17, 15) is 4.79 Å². The van der Waals surface area contributed by atoms with Gasteiger partial charge in [-0.05, 0) is 24.3 Å². The highest BCUT2D eigenvalue weighted by Gasteiger charge is 2.12. The van der Waals surface area contributed by atoms with Crippen molar-refractivity contribution in [3.8, 4) is 0 Å². The molecule has 2 rings (SSSR count). The lowest BCUT2D eigenvalue weighted by molar-refractivity contribution is 0.0782. The van der Waals surface area contributed by atoms with Crippen molar-refractivity contribution < 1.29 is 4.79 Å². The molecule has 0 aliphatic rings. The van der Waals surface area contributed by atoms with Crippen molar-refractivity contribution in [1.29, 1.82) is 0 Å². The lowest BCUT2D eigenvalue weighted by Gasteiger charge is -2.17. The Labute approximate surface area is 101 Å². The zero-order valence-electron chi connectivity index (χ0n) is 10.00. The number of aromatic nitrogens is 2. The standard InChI is InChI=1S/C13H15N3O/c1-15-9-3-4-12(15)10-16(2)13(17)11-5-7-14-8-6-11/h3-9H,10H2,1-2H3. The number of nitrogens with zero attached hydrogens (tertiary/aromatic N) is 3. The molecule has 88 valence electrons. The van der Waals surface area contributed by atoms with E-state index in [4.69, 9.17) is 0 Å². The summed E-state index contributed by atoms with van der Waals surface area (Å²) in [4.78, 5) is 17.7. The molecule has 0 saturated carbocycles. The van der Waals surface area contributed by atoms with Crippen LogP contribution in [0.3, 0.4) is 0 Å². The van der Waals surface area contributed by atoms with Gasteiger partial charge in [-0.25, -0.2) is 0 Å². The summed E-state index contributed by atoms with van der Waals surface area (Å²) in [6.45, 7) is 0.602. The topological polar surface area (TPSA) is 38.1 Å². The van der Waals surface area contributed by atoms with E-state index in [0.29, 0.717) is 12.1 Å². The first-order valence-electron chi connectivity index (χ1n) is 5.44. The van der Waals surface area contributed by atoms with Crippen molar-refractivity contribution in [2.24, 2.45) is 7.05 Å². The number of carbonyl (C=O) groups is 1. The molecule has 0 N–H and O–H groups in total. The van der Waals surface area contributed by atoms with Gasteiger partial charge in [0.2, 0.25) is 0 Å². The second-order valence-corrected chi connectivity index (χ2v) is 4.01. The highest BCUT2D eigenvalue weighted by molar-refractivity contribution is 5.93. The third-order valence-corrected chi connectivity index (χ3v) is 2.72. The van der Waals surface area contributed by atoms with Crippen molar-refractivity contribution in [2.75, 3.05) is 7.05 Å². The van der Waals surface area contributed by atoms with Gasteiger partial charge in [0.25, 0.3) is 5.91 Å². The van der Waals surface area contributed by atoms with Crippen LogP contribution in [0.5, 0.6) is 0 Å². The van der Waals surface area contributed by atoms with Gasteiger partial charge in [0, 0.05) is 43.9 Å². The van der Waals surface area contributed by atoms with E-state index in [-0.39, 0.29) is 5.91 Å². The van der Waals surface area contributed by atoms with Crippen LogP contribution >= 0.6 is 0 Å². The maximum absolute atomic E-state index is 12.1. The molecule has 4 heteroatoms. The number of aryl methyl sites for hydroxylation is 1. The van der Waals surface area contributed by atoms with Crippen molar-refractivity contribution in [1.82, 2.24) is 14.5 Å². The molecule has 0 spiro atoms. The summed E-state index contributed by atoms with van der Waals surface area (Å²) in [6.07, 6.45) is 5.23. The van der Waals surface area contributed by atoms with Gasteiger partial charge in [0.15, 0.2) is 0 Å². The zero-order valence-corrected chi connectivity index (χ0v) is 10.00. The largest absolute Gasteiger partial charge is 0.353 e. The number of rotatable bonds is 3. The lowest BCUT2D eigenvalue weighted by atomic mass is 10.2. The maximum atomic E-state index is 12.1. The summed E-state index contributed by atoms with van der Waals surface area (Å²) in [5.41, 5.74) is 1.77. The molecule has 0 unspecified atom stereocenters. The minimum absolute atomic E-state index is 0.00796.